The van der Waals surface area contributed by atoms with Crippen LogP contribution in [0.3, 0.4) is 0 Å². The van der Waals surface area contributed by atoms with Gasteiger partial charge in [0, 0.05) is 18.3 Å². The number of nitrogens with zero attached hydrogens (tertiary/aromatic N) is 1. The quantitative estimate of drug-likeness (QED) is 0.917. The van der Waals surface area contributed by atoms with Crippen LogP contribution in [-0.2, 0) is 12.0 Å². The molecule has 0 saturated carbocycles. The topological polar surface area (TPSA) is 48.1 Å². The molecule has 3 nitrogen and oxygen atoms in total. The lowest BCUT2D eigenvalue weighted by Crippen LogP contribution is -2.12. The molecule has 0 aliphatic heterocycles. The zero-order valence-corrected chi connectivity index (χ0v) is 12.7. The number of benzene rings is 1. The molecule has 0 spiro atoms. The van der Waals surface area contributed by atoms with Crippen molar-refractivity contribution < 1.29 is 4.74 Å². The highest BCUT2D eigenvalue weighted by Crippen LogP contribution is 2.36. The lowest BCUT2D eigenvalue weighted by Gasteiger charge is -2.22. The van der Waals surface area contributed by atoms with Crippen LogP contribution in [0.25, 0.3) is 0 Å². The molecule has 4 heteroatoms. The van der Waals surface area contributed by atoms with E-state index < -0.39 is 0 Å². The van der Waals surface area contributed by atoms with Gasteiger partial charge in [-0.1, -0.05) is 50.6 Å². The predicted octanol–water partition coefficient (Wildman–Crippen LogP) is 4.28. The van der Waals surface area contributed by atoms with E-state index in [1.165, 1.54) is 0 Å². The second-order valence-electron chi connectivity index (χ2n) is 5.64. The summed E-state index contributed by atoms with van der Waals surface area (Å²) in [5, 5.41) is 0.471. The van der Waals surface area contributed by atoms with Crippen molar-refractivity contribution >= 4 is 11.6 Å². The first-order valence-corrected chi connectivity index (χ1v) is 6.92. The van der Waals surface area contributed by atoms with Gasteiger partial charge in [-0.3, -0.25) is 0 Å². The van der Waals surface area contributed by atoms with Crippen LogP contribution in [-0.4, -0.2) is 4.98 Å². The summed E-state index contributed by atoms with van der Waals surface area (Å²) >= 11 is 6.26. The number of ether oxygens (including phenoxy) is 1. The van der Waals surface area contributed by atoms with Crippen LogP contribution >= 0.6 is 11.6 Å². The maximum atomic E-state index is 6.26. The predicted molar refractivity (Wildman–Crippen MR) is 82.4 cm³/mol. The van der Waals surface area contributed by atoms with Gasteiger partial charge in [0.2, 0.25) is 5.88 Å². The summed E-state index contributed by atoms with van der Waals surface area (Å²) < 4.78 is 5.91. The smallest absolute Gasteiger partial charge is 0.238 e. The summed E-state index contributed by atoms with van der Waals surface area (Å²) in [5.74, 6) is 1.16. The molecular weight excluding hydrogens is 272 g/mol. The molecule has 0 saturated heterocycles. The van der Waals surface area contributed by atoms with Gasteiger partial charge in [-0.25, -0.2) is 4.98 Å². The average Bonchev–Trinajstić information content (AvgIpc) is 2.40. The van der Waals surface area contributed by atoms with Crippen molar-refractivity contribution in [3.63, 3.8) is 0 Å². The van der Waals surface area contributed by atoms with E-state index in [2.05, 4.69) is 31.8 Å². The van der Waals surface area contributed by atoms with Crippen molar-refractivity contribution in [1.82, 2.24) is 4.98 Å². The third kappa shape index (κ3) is 3.11. The van der Waals surface area contributed by atoms with Crippen LogP contribution in [0.1, 0.15) is 31.9 Å². The normalized spacial score (nSPS) is 11.4. The first-order chi connectivity index (χ1) is 9.43. The Bertz CT molecular complexity index is 606. The van der Waals surface area contributed by atoms with Gasteiger partial charge >= 0.3 is 0 Å². The molecule has 2 rings (SSSR count). The van der Waals surface area contributed by atoms with E-state index in [-0.39, 0.29) is 5.41 Å². The van der Waals surface area contributed by atoms with Crippen LogP contribution in [0.4, 0.5) is 0 Å². The Morgan fingerprint density at radius 2 is 1.90 bits per heavy atom. The van der Waals surface area contributed by atoms with E-state index in [1.807, 2.05) is 18.2 Å². The third-order valence-corrected chi connectivity index (χ3v) is 3.46. The highest BCUT2D eigenvalue weighted by Gasteiger charge is 2.20. The molecule has 0 amide bonds. The number of halogens is 1. The van der Waals surface area contributed by atoms with E-state index in [1.54, 1.807) is 12.3 Å². The van der Waals surface area contributed by atoms with Crippen molar-refractivity contribution in [3.8, 4) is 11.6 Å². The number of para-hydroxylation sites is 1. The molecule has 0 atom stereocenters. The lowest BCUT2D eigenvalue weighted by atomic mass is 9.86. The molecule has 0 aliphatic carbocycles. The third-order valence-electron chi connectivity index (χ3n) is 3.06. The van der Waals surface area contributed by atoms with Crippen molar-refractivity contribution in [2.45, 2.75) is 32.7 Å². The second kappa shape index (κ2) is 5.81. The summed E-state index contributed by atoms with van der Waals surface area (Å²) in [5.41, 5.74) is 7.56. The van der Waals surface area contributed by atoms with Crippen molar-refractivity contribution in [2.75, 3.05) is 0 Å². The van der Waals surface area contributed by atoms with E-state index in [4.69, 9.17) is 22.1 Å². The zero-order chi connectivity index (χ0) is 14.8. The largest absolute Gasteiger partial charge is 0.437 e. The molecule has 0 aliphatic rings. The maximum Gasteiger partial charge on any atom is 0.238 e. The molecule has 1 aromatic carbocycles. The van der Waals surface area contributed by atoms with Gasteiger partial charge in [-0.2, -0.15) is 0 Å². The molecule has 2 N–H and O–H groups in total. The number of rotatable bonds is 3. The SMILES string of the molecule is CC(C)(C)c1ccccc1Oc1nccc(CN)c1Cl. The molecule has 0 fully saturated rings. The Labute approximate surface area is 124 Å². The zero-order valence-electron chi connectivity index (χ0n) is 12.0. The van der Waals surface area contributed by atoms with Crippen molar-refractivity contribution in [1.29, 1.82) is 0 Å². The Kier molecular flexibility index (Phi) is 4.31. The van der Waals surface area contributed by atoms with Gasteiger partial charge in [0.05, 0.1) is 0 Å². The molecule has 2 aromatic rings. The Morgan fingerprint density at radius 3 is 2.55 bits per heavy atom. The highest BCUT2D eigenvalue weighted by atomic mass is 35.5. The summed E-state index contributed by atoms with van der Waals surface area (Å²) in [6.45, 7) is 6.78. The molecule has 1 heterocycles. The minimum Gasteiger partial charge on any atom is -0.437 e. The average molecular weight is 291 g/mol. The lowest BCUT2D eigenvalue weighted by molar-refractivity contribution is 0.439. The summed E-state index contributed by atoms with van der Waals surface area (Å²) in [7, 11) is 0. The first-order valence-electron chi connectivity index (χ1n) is 6.54. The van der Waals surface area contributed by atoms with Gasteiger partial charge in [-0.05, 0) is 23.1 Å². The summed E-state index contributed by atoms with van der Waals surface area (Å²) in [6, 6.07) is 9.71. The minimum absolute atomic E-state index is 0.0193. The fourth-order valence-electron chi connectivity index (χ4n) is 1.97. The first kappa shape index (κ1) is 14.8. The van der Waals surface area contributed by atoms with E-state index >= 15 is 0 Å². The number of hydrogen-bond acceptors (Lipinski definition) is 3. The molecule has 20 heavy (non-hydrogen) atoms. The van der Waals surface area contributed by atoms with Gasteiger partial charge in [-0.15, -0.1) is 0 Å². The monoisotopic (exact) mass is 290 g/mol. The van der Waals surface area contributed by atoms with Gasteiger partial charge < -0.3 is 10.5 Å². The molecule has 106 valence electrons. The van der Waals surface area contributed by atoms with E-state index in [9.17, 15) is 0 Å². The second-order valence-corrected chi connectivity index (χ2v) is 6.02. The van der Waals surface area contributed by atoms with Gasteiger partial charge in [0.1, 0.15) is 10.8 Å². The fourth-order valence-corrected chi connectivity index (χ4v) is 2.20. The summed E-state index contributed by atoms with van der Waals surface area (Å²) in [6.07, 6.45) is 1.66. The number of pyridine rings is 1. The Morgan fingerprint density at radius 1 is 1.20 bits per heavy atom. The Hall–Kier alpha value is -1.58. The van der Waals surface area contributed by atoms with E-state index in [0.717, 1.165) is 16.9 Å². The standard InChI is InChI=1S/C16H19ClN2O/c1-16(2,3)12-6-4-5-7-13(12)20-15-14(17)11(10-18)8-9-19-15/h4-9H,10,18H2,1-3H3. The molecular formula is C16H19ClN2O. The number of hydrogen-bond donors (Lipinski definition) is 1. The van der Waals surface area contributed by atoms with Crippen molar-refractivity contribution in [2.24, 2.45) is 5.73 Å². The fraction of sp³-hybridized carbons (Fsp3) is 0.312. The molecule has 0 radical (unpaired) electrons. The Balaban J connectivity index is 2.41. The van der Waals surface area contributed by atoms with Gasteiger partial charge in [0.15, 0.2) is 0 Å². The number of aromatic nitrogens is 1. The van der Waals surface area contributed by atoms with E-state index in [0.29, 0.717) is 17.4 Å². The van der Waals surface area contributed by atoms with Crippen LogP contribution in [0.2, 0.25) is 5.02 Å². The molecule has 1 aromatic heterocycles. The maximum absolute atomic E-state index is 6.26. The van der Waals surface area contributed by atoms with Crippen LogP contribution < -0.4 is 10.5 Å². The molecule has 0 bridgehead atoms. The summed E-state index contributed by atoms with van der Waals surface area (Å²) in [4.78, 5) is 4.20. The van der Waals surface area contributed by atoms with Crippen molar-refractivity contribution in [3.05, 3.63) is 52.7 Å². The number of nitrogens with two attached hydrogens (primary N) is 1. The van der Waals surface area contributed by atoms with Crippen LogP contribution in [0.5, 0.6) is 11.6 Å². The van der Waals surface area contributed by atoms with Gasteiger partial charge in [0.25, 0.3) is 0 Å². The highest BCUT2D eigenvalue weighted by molar-refractivity contribution is 6.32. The van der Waals surface area contributed by atoms with Crippen LogP contribution in [0.15, 0.2) is 36.5 Å². The molecule has 0 unspecified atom stereocenters. The minimum atomic E-state index is -0.0193. The van der Waals surface area contributed by atoms with Crippen LogP contribution in [0, 0.1) is 0 Å².